The lowest BCUT2D eigenvalue weighted by atomic mass is 10.2. The van der Waals surface area contributed by atoms with Crippen molar-refractivity contribution in [1.82, 2.24) is 10.2 Å². The minimum absolute atomic E-state index is 0.675. The molecule has 3 N–H and O–H groups in total. The molecule has 0 aliphatic carbocycles. The first-order valence-electron chi connectivity index (χ1n) is 7.79. The van der Waals surface area contributed by atoms with E-state index in [1.165, 1.54) is 0 Å². The van der Waals surface area contributed by atoms with Gasteiger partial charge in [0.25, 0.3) is 0 Å². The minimum Gasteiger partial charge on any atom is -0.491 e. The molecule has 0 amide bonds. The highest BCUT2D eigenvalue weighted by molar-refractivity contribution is 9.10. The fourth-order valence-electron chi connectivity index (χ4n) is 2.22. The van der Waals surface area contributed by atoms with Crippen LogP contribution in [0.15, 0.2) is 16.6 Å². The molecule has 1 aromatic rings. The second kappa shape index (κ2) is 11.3. The lowest BCUT2D eigenvalue weighted by molar-refractivity contribution is -0.159. The van der Waals surface area contributed by atoms with Gasteiger partial charge in [-0.1, -0.05) is 11.6 Å². The van der Waals surface area contributed by atoms with Gasteiger partial charge in [0.15, 0.2) is 5.75 Å². The van der Waals surface area contributed by atoms with E-state index in [1.54, 1.807) is 0 Å². The van der Waals surface area contributed by atoms with Crippen molar-refractivity contribution >= 4 is 39.5 Å². The molecule has 0 spiro atoms. The Hall–Kier alpha value is -1.35. The number of rotatable bonds is 5. The topological polar surface area (TPSA) is 99.1 Å². The minimum atomic E-state index is -1.82. The van der Waals surface area contributed by atoms with E-state index >= 15 is 0 Å². The molecular formula is C16H22BrClN2O5. The molecule has 0 radical (unpaired) electrons. The number of halogens is 2. The van der Waals surface area contributed by atoms with E-state index in [-0.39, 0.29) is 0 Å². The number of nitrogens with zero attached hydrogens (tertiary/aromatic N) is 1. The van der Waals surface area contributed by atoms with Crippen molar-refractivity contribution in [3.05, 3.63) is 27.2 Å². The number of carboxylic acids is 2. The number of ether oxygens (including phenoxy) is 1. The summed E-state index contributed by atoms with van der Waals surface area (Å²) in [6.45, 7) is 8.26. The lowest BCUT2D eigenvalue weighted by Gasteiger charge is -2.27. The second-order valence-electron chi connectivity index (χ2n) is 5.46. The van der Waals surface area contributed by atoms with E-state index in [9.17, 15) is 0 Å². The van der Waals surface area contributed by atoms with Crippen molar-refractivity contribution in [2.24, 2.45) is 0 Å². The van der Waals surface area contributed by atoms with Gasteiger partial charge in [-0.15, -0.1) is 0 Å². The number of hydrogen-bond acceptors (Lipinski definition) is 5. The predicted octanol–water partition coefficient (Wildman–Crippen LogP) is 2.24. The molecule has 1 saturated heterocycles. The molecule has 140 valence electrons. The summed E-state index contributed by atoms with van der Waals surface area (Å²) in [7, 11) is 0. The van der Waals surface area contributed by atoms with E-state index < -0.39 is 11.9 Å². The Morgan fingerprint density at radius 3 is 2.40 bits per heavy atom. The first-order valence-corrected chi connectivity index (χ1v) is 8.96. The van der Waals surface area contributed by atoms with Gasteiger partial charge >= 0.3 is 11.9 Å². The second-order valence-corrected chi connectivity index (χ2v) is 6.72. The largest absolute Gasteiger partial charge is 0.491 e. The molecular weight excluding hydrogens is 416 g/mol. The Morgan fingerprint density at radius 1 is 1.28 bits per heavy atom. The maximum Gasteiger partial charge on any atom is 0.414 e. The zero-order valence-electron chi connectivity index (χ0n) is 13.9. The molecule has 1 heterocycles. The van der Waals surface area contributed by atoms with Crippen LogP contribution >= 0.6 is 27.5 Å². The monoisotopic (exact) mass is 436 g/mol. The zero-order valence-corrected chi connectivity index (χ0v) is 16.3. The summed E-state index contributed by atoms with van der Waals surface area (Å²) in [4.78, 5) is 20.7. The van der Waals surface area contributed by atoms with Gasteiger partial charge in [-0.05, 0) is 47.0 Å². The van der Waals surface area contributed by atoms with Gasteiger partial charge in [0.2, 0.25) is 0 Å². The smallest absolute Gasteiger partial charge is 0.414 e. The average Bonchev–Trinajstić information content (AvgIpc) is 2.54. The third kappa shape index (κ3) is 8.53. The summed E-state index contributed by atoms with van der Waals surface area (Å²) >= 11 is 9.69. The number of nitrogens with one attached hydrogen (secondary N) is 1. The molecule has 1 aliphatic heterocycles. The van der Waals surface area contributed by atoms with Crippen molar-refractivity contribution in [3.8, 4) is 5.75 Å². The molecule has 2 rings (SSSR count). The molecule has 9 heteroatoms. The number of carbonyl (C=O) groups is 2. The zero-order chi connectivity index (χ0) is 18.8. The Bertz CT molecular complexity index is 559. The molecule has 0 aromatic heterocycles. The van der Waals surface area contributed by atoms with Gasteiger partial charge in [0, 0.05) is 32.7 Å². The number of aliphatic carboxylic acids is 2. The van der Waals surface area contributed by atoms with Gasteiger partial charge in [-0.2, -0.15) is 0 Å². The van der Waals surface area contributed by atoms with E-state index in [0.29, 0.717) is 11.6 Å². The lowest BCUT2D eigenvalue weighted by Crippen LogP contribution is -2.43. The van der Waals surface area contributed by atoms with Crippen LogP contribution < -0.4 is 10.1 Å². The summed E-state index contributed by atoms with van der Waals surface area (Å²) in [5.41, 5.74) is 1.13. The Balaban J connectivity index is 0.000000450. The summed E-state index contributed by atoms with van der Waals surface area (Å²) in [6, 6.07) is 3.95. The molecule has 0 saturated carbocycles. The maximum atomic E-state index is 9.10. The Morgan fingerprint density at radius 2 is 1.88 bits per heavy atom. The number of carboxylic acid groups (broad SMARTS) is 2. The predicted molar refractivity (Wildman–Crippen MR) is 98.6 cm³/mol. The van der Waals surface area contributed by atoms with Gasteiger partial charge in [-0.25, -0.2) is 9.59 Å². The van der Waals surface area contributed by atoms with E-state index in [1.807, 2.05) is 19.1 Å². The summed E-state index contributed by atoms with van der Waals surface area (Å²) in [6.07, 6.45) is 1.02. The first kappa shape index (κ1) is 21.7. The number of benzene rings is 1. The molecule has 1 aromatic carbocycles. The normalized spacial score (nSPS) is 14.4. The number of hydrogen-bond donors (Lipinski definition) is 3. The van der Waals surface area contributed by atoms with Crippen LogP contribution in [0, 0.1) is 6.92 Å². The van der Waals surface area contributed by atoms with E-state index in [0.717, 1.165) is 54.9 Å². The number of piperazine rings is 1. The molecule has 0 unspecified atom stereocenters. The van der Waals surface area contributed by atoms with Crippen molar-refractivity contribution in [2.75, 3.05) is 39.3 Å². The third-order valence-electron chi connectivity index (χ3n) is 3.40. The van der Waals surface area contributed by atoms with Gasteiger partial charge in [-0.3, -0.25) is 0 Å². The summed E-state index contributed by atoms with van der Waals surface area (Å²) in [5.74, 6) is -2.89. The Kier molecular flexibility index (Phi) is 9.81. The van der Waals surface area contributed by atoms with Crippen molar-refractivity contribution in [3.63, 3.8) is 0 Å². The van der Waals surface area contributed by atoms with Crippen LogP contribution in [0.2, 0.25) is 5.02 Å². The summed E-state index contributed by atoms with van der Waals surface area (Å²) < 4.78 is 6.72. The molecule has 7 nitrogen and oxygen atoms in total. The Labute approximate surface area is 160 Å². The van der Waals surface area contributed by atoms with Gasteiger partial charge < -0.3 is 25.2 Å². The van der Waals surface area contributed by atoms with Crippen LogP contribution in [-0.2, 0) is 9.59 Å². The fourth-order valence-corrected chi connectivity index (χ4v) is 3.35. The van der Waals surface area contributed by atoms with Crippen LogP contribution in [0.25, 0.3) is 0 Å². The van der Waals surface area contributed by atoms with Gasteiger partial charge in [0.1, 0.15) is 0 Å². The standard InChI is InChI=1S/C14H20BrClN2O.C2H2O4/c1-11-9-12(15)14(13(16)10-11)19-8-2-5-18-6-3-17-4-7-18;3-1(4)2(5)6/h9-10,17H,2-8H2,1H3;(H,3,4)(H,5,6). The first-order chi connectivity index (χ1) is 11.8. The maximum absolute atomic E-state index is 9.10. The average molecular weight is 438 g/mol. The highest BCUT2D eigenvalue weighted by Gasteiger charge is 2.10. The summed E-state index contributed by atoms with van der Waals surface area (Å²) in [5, 5.41) is 18.8. The quantitative estimate of drug-likeness (QED) is 0.480. The van der Waals surface area contributed by atoms with E-state index in [2.05, 4.69) is 26.1 Å². The van der Waals surface area contributed by atoms with E-state index in [4.69, 9.17) is 36.1 Å². The van der Waals surface area contributed by atoms with Crippen molar-refractivity contribution < 1.29 is 24.5 Å². The molecule has 0 bridgehead atoms. The third-order valence-corrected chi connectivity index (χ3v) is 4.27. The van der Waals surface area contributed by atoms with Crippen molar-refractivity contribution in [2.45, 2.75) is 13.3 Å². The van der Waals surface area contributed by atoms with Crippen LogP contribution in [0.4, 0.5) is 0 Å². The fraction of sp³-hybridized carbons (Fsp3) is 0.500. The molecule has 0 atom stereocenters. The molecule has 25 heavy (non-hydrogen) atoms. The highest BCUT2D eigenvalue weighted by Crippen LogP contribution is 2.34. The van der Waals surface area contributed by atoms with Crippen LogP contribution in [0.3, 0.4) is 0 Å². The molecule has 1 fully saturated rings. The SMILES string of the molecule is Cc1cc(Cl)c(OCCCN2CCNCC2)c(Br)c1.O=C(O)C(=O)O. The van der Waals surface area contributed by atoms with Gasteiger partial charge in [0.05, 0.1) is 16.1 Å². The van der Waals surface area contributed by atoms with Crippen LogP contribution in [-0.4, -0.2) is 66.4 Å². The highest BCUT2D eigenvalue weighted by atomic mass is 79.9. The van der Waals surface area contributed by atoms with Crippen LogP contribution in [0.1, 0.15) is 12.0 Å². The molecule has 1 aliphatic rings. The van der Waals surface area contributed by atoms with Crippen LogP contribution in [0.5, 0.6) is 5.75 Å². The number of aryl methyl sites for hydroxylation is 1. The van der Waals surface area contributed by atoms with Crippen molar-refractivity contribution in [1.29, 1.82) is 0 Å².